The van der Waals surface area contributed by atoms with E-state index >= 15 is 0 Å². The topological polar surface area (TPSA) is 52.2 Å². The van der Waals surface area contributed by atoms with E-state index in [0.29, 0.717) is 0 Å². The number of nitrogens with one attached hydrogen (secondary N) is 1. The zero-order valence-corrected chi connectivity index (χ0v) is 17.3. The molecule has 3 aromatic rings. The van der Waals surface area contributed by atoms with Gasteiger partial charge in [0.2, 0.25) is 0 Å². The van der Waals surface area contributed by atoms with Crippen molar-refractivity contribution in [1.29, 1.82) is 0 Å². The third-order valence-electron chi connectivity index (χ3n) is 5.58. The van der Waals surface area contributed by atoms with Gasteiger partial charge in [-0.05, 0) is 75.7 Å². The minimum absolute atomic E-state index is 0.162. The van der Waals surface area contributed by atoms with Crippen LogP contribution in [0.4, 0.5) is 0 Å². The van der Waals surface area contributed by atoms with Gasteiger partial charge in [-0.15, -0.1) is 0 Å². The Morgan fingerprint density at radius 3 is 2.71 bits per heavy atom. The number of aryl methyl sites for hydroxylation is 1. The van der Waals surface area contributed by atoms with Crippen molar-refractivity contribution in [3.8, 4) is 11.1 Å². The molecule has 0 aliphatic carbocycles. The van der Waals surface area contributed by atoms with Crippen molar-refractivity contribution in [3.05, 3.63) is 52.8 Å². The van der Waals surface area contributed by atoms with Crippen molar-refractivity contribution in [2.45, 2.75) is 39.8 Å². The first-order valence-corrected chi connectivity index (χ1v) is 9.90. The number of hydrogen-bond donors (Lipinski definition) is 1. The summed E-state index contributed by atoms with van der Waals surface area (Å²) >= 11 is 0. The SMILES string of the molecule is Cc1c[nH]c2ncc(-c3cc4c(c(CN(C)C)c3)C(=O)N(C(C)C)CC4)cc12. The molecule has 146 valence electrons. The molecule has 1 aromatic carbocycles. The van der Waals surface area contributed by atoms with E-state index in [0.717, 1.165) is 58.4 Å². The maximum atomic E-state index is 13.2. The van der Waals surface area contributed by atoms with Crippen molar-refractivity contribution in [2.24, 2.45) is 0 Å². The lowest BCUT2D eigenvalue weighted by Crippen LogP contribution is -2.42. The lowest BCUT2D eigenvalue weighted by Gasteiger charge is -2.33. The Balaban J connectivity index is 1.85. The number of aromatic amines is 1. The molecule has 0 spiro atoms. The van der Waals surface area contributed by atoms with Gasteiger partial charge in [0, 0.05) is 48.0 Å². The average molecular weight is 377 g/mol. The number of hydrogen-bond acceptors (Lipinski definition) is 3. The van der Waals surface area contributed by atoms with Gasteiger partial charge in [0.1, 0.15) is 5.65 Å². The van der Waals surface area contributed by atoms with Crippen LogP contribution in [0.5, 0.6) is 0 Å². The summed E-state index contributed by atoms with van der Waals surface area (Å²) in [5.41, 5.74) is 7.48. The molecule has 0 atom stereocenters. The fourth-order valence-corrected chi connectivity index (χ4v) is 4.14. The van der Waals surface area contributed by atoms with Crippen LogP contribution in [0.25, 0.3) is 22.2 Å². The number of benzene rings is 1. The first-order valence-electron chi connectivity index (χ1n) is 9.90. The molecule has 0 fully saturated rings. The van der Waals surface area contributed by atoms with Crippen molar-refractivity contribution < 1.29 is 4.79 Å². The van der Waals surface area contributed by atoms with Crippen LogP contribution in [0.2, 0.25) is 0 Å². The molecule has 0 saturated heterocycles. The number of pyridine rings is 1. The highest BCUT2D eigenvalue weighted by molar-refractivity contribution is 5.99. The van der Waals surface area contributed by atoms with E-state index in [4.69, 9.17) is 0 Å². The maximum absolute atomic E-state index is 13.2. The summed E-state index contributed by atoms with van der Waals surface area (Å²) < 4.78 is 0. The summed E-state index contributed by atoms with van der Waals surface area (Å²) in [6.07, 6.45) is 4.81. The van der Waals surface area contributed by atoms with Gasteiger partial charge < -0.3 is 14.8 Å². The molecular weight excluding hydrogens is 348 g/mol. The van der Waals surface area contributed by atoms with Gasteiger partial charge >= 0.3 is 0 Å². The van der Waals surface area contributed by atoms with Crippen LogP contribution in [0.3, 0.4) is 0 Å². The lowest BCUT2D eigenvalue weighted by molar-refractivity contribution is 0.0686. The Bertz CT molecular complexity index is 1050. The second-order valence-electron chi connectivity index (χ2n) is 8.34. The van der Waals surface area contributed by atoms with E-state index in [2.05, 4.69) is 53.8 Å². The Hall–Kier alpha value is -2.66. The van der Waals surface area contributed by atoms with Crippen LogP contribution in [0.1, 0.15) is 40.9 Å². The molecule has 5 heteroatoms. The number of aromatic nitrogens is 2. The van der Waals surface area contributed by atoms with Crippen LogP contribution >= 0.6 is 0 Å². The number of H-pyrrole nitrogens is 1. The van der Waals surface area contributed by atoms with Gasteiger partial charge in [-0.3, -0.25) is 4.79 Å². The number of amides is 1. The number of nitrogens with zero attached hydrogens (tertiary/aromatic N) is 3. The molecule has 3 heterocycles. The molecule has 2 aromatic heterocycles. The standard InChI is InChI=1S/C23H28N4O/c1-14(2)27-7-6-16-8-17(9-19(13-26(4)5)21(16)23(27)28)18-10-20-15(3)11-24-22(20)25-12-18/h8-12,14H,6-7,13H2,1-5H3,(H,24,25). The highest BCUT2D eigenvalue weighted by atomic mass is 16.2. The smallest absolute Gasteiger partial charge is 0.254 e. The molecule has 1 N–H and O–H groups in total. The minimum atomic E-state index is 0.162. The average Bonchev–Trinajstić information content (AvgIpc) is 3.01. The second-order valence-corrected chi connectivity index (χ2v) is 8.34. The molecule has 5 nitrogen and oxygen atoms in total. The molecule has 0 radical (unpaired) electrons. The predicted molar refractivity (Wildman–Crippen MR) is 114 cm³/mol. The summed E-state index contributed by atoms with van der Waals surface area (Å²) in [5.74, 6) is 0.162. The van der Waals surface area contributed by atoms with Crippen LogP contribution < -0.4 is 0 Å². The Labute approximate surface area is 166 Å². The fourth-order valence-electron chi connectivity index (χ4n) is 4.14. The van der Waals surface area contributed by atoms with Gasteiger partial charge in [-0.1, -0.05) is 6.07 Å². The van der Waals surface area contributed by atoms with Crippen molar-refractivity contribution in [1.82, 2.24) is 19.8 Å². The van der Waals surface area contributed by atoms with E-state index < -0.39 is 0 Å². The largest absolute Gasteiger partial charge is 0.346 e. The Kier molecular flexibility index (Phi) is 4.71. The molecule has 4 rings (SSSR count). The third-order valence-corrected chi connectivity index (χ3v) is 5.58. The maximum Gasteiger partial charge on any atom is 0.254 e. The first-order chi connectivity index (χ1) is 13.3. The number of fused-ring (bicyclic) bond motifs is 2. The molecule has 0 saturated carbocycles. The Morgan fingerprint density at radius 1 is 1.21 bits per heavy atom. The van der Waals surface area contributed by atoms with Gasteiger partial charge in [0.15, 0.2) is 0 Å². The van der Waals surface area contributed by atoms with Gasteiger partial charge in [0.25, 0.3) is 5.91 Å². The zero-order chi connectivity index (χ0) is 20.0. The van der Waals surface area contributed by atoms with Gasteiger partial charge in [0.05, 0.1) is 0 Å². The molecule has 28 heavy (non-hydrogen) atoms. The van der Waals surface area contributed by atoms with Gasteiger partial charge in [-0.25, -0.2) is 4.98 Å². The van der Waals surface area contributed by atoms with E-state index in [1.54, 1.807) is 0 Å². The molecule has 0 bridgehead atoms. The summed E-state index contributed by atoms with van der Waals surface area (Å²) in [4.78, 5) is 25.1. The zero-order valence-electron chi connectivity index (χ0n) is 17.3. The minimum Gasteiger partial charge on any atom is -0.346 e. The quantitative estimate of drug-likeness (QED) is 0.749. The first kappa shape index (κ1) is 18.7. The number of carbonyl (C=O) groups is 1. The van der Waals surface area contributed by atoms with Crippen LogP contribution in [0.15, 0.2) is 30.6 Å². The molecule has 1 amide bonds. The van der Waals surface area contributed by atoms with Gasteiger partial charge in [-0.2, -0.15) is 0 Å². The number of rotatable bonds is 4. The normalized spacial score (nSPS) is 14.4. The summed E-state index contributed by atoms with van der Waals surface area (Å²) in [7, 11) is 4.09. The van der Waals surface area contributed by atoms with Crippen molar-refractivity contribution >= 4 is 16.9 Å². The highest BCUT2D eigenvalue weighted by Crippen LogP contribution is 2.32. The third kappa shape index (κ3) is 3.20. The Morgan fingerprint density at radius 2 is 2.00 bits per heavy atom. The van der Waals surface area contributed by atoms with Crippen LogP contribution in [-0.4, -0.2) is 52.4 Å². The fraction of sp³-hybridized carbons (Fsp3) is 0.391. The summed E-state index contributed by atoms with van der Waals surface area (Å²) in [5, 5.41) is 1.14. The van der Waals surface area contributed by atoms with Crippen molar-refractivity contribution in [2.75, 3.05) is 20.6 Å². The molecule has 1 aliphatic rings. The molecule has 1 aliphatic heterocycles. The van der Waals surface area contributed by atoms with Crippen molar-refractivity contribution in [3.63, 3.8) is 0 Å². The summed E-state index contributed by atoms with van der Waals surface area (Å²) in [6, 6.07) is 6.77. The predicted octanol–water partition coefficient (Wildman–Crippen LogP) is 4.01. The monoisotopic (exact) mass is 376 g/mol. The van der Waals surface area contributed by atoms with Crippen LogP contribution in [-0.2, 0) is 13.0 Å². The lowest BCUT2D eigenvalue weighted by atomic mass is 9.89. The van der Waals surface area contributed by atoms with Crippen LogP contribution in [0, 0.1) is 6.92 Å². The van der Waals surface area contributed by atoms with E-state index in [9.17, 15) is 4.79 Å². The van der Waals surface area contributed by atoms with E-state index in [-0.39, 0.29) is 11.9 Å². The van der Waals surface area contributed by atoms with E-state index in [1.165, 1.54) is 5.56 Å². The summed E-state index contributed by atoms with van der Waals surface area (Å²) in [6.45, 7) is 7.79. The molecular formula is C23H28N4O. The molecule has 0 unspecified atom stereocenters. The second kappa shape index (κ2) is 7.06. The highest BCUT2D eigenvalue weighted by Gasteiger charge is 2.29. The number of carbonyl (C=O) groups excluding carboxylic acids is 1. The van der Waals surface area contributed by atoms with E-state index in [1.807, 2.05) is 31.4 Å².